The molecular weight excluding hydrogens is 124 g/mol. The van der Waals surface area contributed by atoms with Crippen molar-refractivity contribution < 1.29 is 19.4 Å². The smallest absolute Gasteiger partial charge is 0.332 e. The number of carbonyl (C=O) groups is 1. The van der Waals surface area contributed by atoms with E-state index >= 15 is 0 Å². The Kier molecular flexibility index (Phi) is 2.02. The predicted molar refractivity (Wildman–Crippen MR) is 27.8 cm³/mol. The zero-order valence-corrected chi connectivity index (χ0v) is 4.87. The first-order chi connectivity index (χ1) is 4.33. The molecule has 0 bridgehead atoms. The van der Waals surface area contributed by atoms with Crippen LogP contribution >= 0.6 is 0 Å². The van der Waals surface area contributed by atoms with Crippen molar-refractivity contribution in [3.63, 3.8) is 0 Å². The van der Waals surface area contributed by atoms with Crippen molar-refractivity contribution in [2.45, 2.75) is 6.10 Å². The first-order valence-electron chi connectivity index (χ1n) is 2.71. The molecule has 0 radical (unpaired) electrons. The van der Waals surface area contributed by atoms with Crippen LogP contribution in [0.2, 0.25) is 0 Å². The third-order valence-electron chi connectivity index (χ3n) is 1.03. The van der Waals surface area contributed by atoms with Crippen LogP contribution in [-0.2, 0) is 14.3 Å². The zero-order valence-electron chi connectivity index (χ0n) is 4.87. The van der Waals surface area contributed by atoms with Crippen LogP contribution < -0.4 is 0 Å². The number of ether oxygens (including phenoxy) is 2. The Morgan fingerprint density at radius 3 is 3.00 bits per heavy atom. The molecule has 1 N–H and O–H groups in total. The van der Waals surface area contributed by atoms with E-state index in [4.69, 9.17) is 9.84 Å². The average Bonchev–Trinajstić information content (AvgIpc) is 1.88. The number of hydrogen-bond donors (Lipinski definition) is 1. The summed E-state index contributed by atoms with van der Waals surface area (Å²) in [6.45, 7) is 0.157. The van der Waals surface area contributed by atoms with Crippen molar-refractivity contribution in [1.82, 2.24) is 0 Å². The summed E-state index contributed by atoms with van der Waals surface area (Å²) in [5.74, 6) is -0.402. The molecule has 1 heterocycles. The van der Waals surface area contributed by atoms with Crippen LogP contribution in [0.1, 0.15) is 0 Å². The molecule has 4 heteroatoms. The van der Waals surface area contributed by atoms with Crippen molar-refractivity contribution in [1.29, 1.82) is 0 Å². The van der Waals surface area contributed by atoms with Crippen molar-refractivity contribution in [2.75, 3.05) is 19.8 Å². The van der Waals surface area contributed by atoms with E-state index in [1.165, 1.54) is 0 Å². The molecule has 0 aromatic rings. The number of esters is 1. The lowest BCUT2D eigenvalue weighted by Crippen LogP contribution is -2.34. The van der Waals surface area contributed by atoms with Gasteiger partial charge in [-0.1, -0.05) is 0 Å². The van der Waals surface area contributed by atoms with Crippen molar-refractivity contribution in [2.24, 2.45) is 0 Å². The van der Waals surface area contributed by atoms with Gasteiger partial charge in [0.05, 0.1) is 13.2 Å². The first kappa shape index (κ1) is 6.51. The van der Waals surface area contributed by atoms with Crippen LogP contribution in [0.4, 0.5) is 0 Å². The molecule has 4 nitrogen and oxygen atoms in total. The summed E-state index contributed by atoms with van der Waals surface area (Å²) in [5, 5.41) is 8.45. The minimum absolute atomic E-state index is 0.0104. The topological polar surface area (TPSA) is 55.8 Å². The number of carbonyl (C=O) groups excluding carboxylic acids is 1. The highest BCUT2D eigenvalue weighted by molar-refractivity contribution is 5.71. The number of cyclic esters (lactones) is 1. The Balaban J connectivity index is 2.32. The molecule has 1 aliphatic rings. The maximum absolute atomic E-state index is 10.4. The third kappa shape index (κ3) is 1.65. The number of aliphatic hydroxyl groups is 1. The normalized spacial score (nSPS) is 27.7. The van der Waals surface area contributed by atoms with Gasteiger partial charge in [-0.3, -0.25) is 0 Å². The molecule has 0 aromatic carbocycles. The van der Waals surface area contributed by atoms with Gasteiger partial charge in [0, 0.05) is 0 Å². The van der Waals surface area contributed by atoms with Gasteiger partial charge in [-0.2, -0.15) is 0 Å². The maximum Gasteiger partial charge on any atom is 0.332 e. The maximum atomic E-state index is 10.4. The fourth-order valence-electron chi connectivity index (χ4n) is 0.618. The summed E-state index contributed by atoms with van der Waals surface area (Å²) in [6.07, 6.45) is -0.453. The van der Waals surface area contributed by atoms with Gasteiger partial charge in [-0.05, 0) is 0 Å². The quantitative estimate of drug-likeness (QED) is 0.461. The molecule has 0 amide bonds. The van der Waals surface area contributed by atoms with Gasteiger partial charge in [0.1, 0.15) is 12.7 Å². The Morgan fingerprint density at radius 2 is 2.56 bits per heavy atom. The fraction of sp³-hybridized carbons (Fsp3) is 0.800. The first-order valence-corrected chi connectivity index (χ1v) is 2.71. The molecule has 0 aromatic heterocycles. The van der Waals surface area contributed by atoms with Crippen LogP contribution in [0, 0.1) is 0 Å². The van der Waals surface area contributed by atoms with E-state index in [-0.39, 0.29) is 13.2 Å². The molecular formula is C5H8O4. The lowest BCUT2D eigenvalue weighted by atomic mass is 10.4. The Labute approximate surface area is 52.4 Å². The summed E-state index contributed by atoms with van der Waals surface area (Å²) in [6, 6.07) is 0. The highest BCUT2D eigenvalue weighted by atomic mass is 16.6. The van der Waals surface area contributed by atoms with Gasteiger partial charge in [0.25, 0.3) is 0 Å². The van der Waals surface area contributed by atoms with E-state index in [1.807, 2.05) is 0 Å². The lowest BCUT2D eigenvalue weighted by molar-refractivity contribution is -0.173. The molecule has 0 spiro atoms. The monoisotopic (exact) mass is 132 g/mol. The van der Waals surface area contributed by atoms with Gasteiger partial charge in [0.15, 0.2) is 0 Å². The number of rotatable bonds is 1. The second kappa shape index (κ2) is 2.80. The average molecular weight is 132 g/mol. The molecule has 0 saturated carbocycles. The molecule has 9 heavy (non-hydrogen) atoms. The van der Waals surface area contributed by atoms with Crippen LogP contribution in [-0.4, -0.2) is 37.0 Å². The largest absolute Gasteiger partial charge is 0.456 e. The summed E-state index contributed by atoms with van der Waals surface area (Å²) in [7, 11) is 0. The van der Waals surface area contributed by atoms with Crippen LogP contribution in [0.15, 0.2) is 0 Å². The molecule has 1 aliphatic heterocycles. The molecule has 1 unspecified atom stereocenters. The highest BCUT2D eigenvalue weighted by Crippen LogP contribution is 1.99. The summed E-state index contributed by atoms with van der Waals surface area (Å²) < 4.78 is 9.37. The number of aliphatic hydroxyl groups excluding tert-OH is 1. The SMILES string of the molecule is O=C1COCC(CO)O1. The summed E-state index contributed by atoms with van der Waals surface area (Å²) >= 11 is 0. The van der Waals surface area contributed by atoms with Crippen LogP contribution in [0.5, 0.6) is 0 Å². The standard InChI is InChI=1S/C5H8O4/c6-1-4-2-8-3-5(7)9-4/h4,6H,1-3H2. The van der Waals surface area contributed by atoms with E-state index in [0.717, 1.165) is 0 Å². The molecule has 1 atom stereocenters. The zero-order chi connectivity index (χ0) is 6.69. The van der Waals surface area contributed by atoms with Crippen LogP contribution in [0.25, 0.3) is 0 Å². The van der Waals surface area contributed by atoms with E-state index in [9.17, 15) is 4.79 Å². The van der Waals surface area contributed by atoms with Crippen molar-refractivity contribution >= 4 is 5.97 Å². The highest BCUT2D eigenvalue weighted by Gasteiger charge is 2.19. The van der Waals surface area contributed by atoms with Crippen LogP contribution in [0.3, 0.4) is 0 Å². The van der Waals surface area contributed by atoms with E-state index in [1.54, 1.807) is 0 Å². The molecule has 52 valence electrons. The molecule has 1 rings (SSSR count). The minimum Gasteiger partial charge on any atom is -0.456 e. The van der Waals surface area contributed by atoms with Gasteiger partial charge < -0.3 is 14.6 Å². The van der Waals surface area contributed by atoms with Gasteiger partial charge >= 0.3 is 5.97 Å². The Hall–Kier alpha value is -0.610. The summed E-state index contributed by atoms with van der Waals surface area (Å²) in [5.41, 5.74) is 0. The fourth-order valence-corrected chi connectivity index (χ4v) is 0.618. The van der Waals surface area contributed by atoms with Crippen molar-refractivity contribution in [3.05, 3.63) is 0 Å². The van der Waals surface area contributed by atoms with Gasteiger partial charge in [-0.25, -0.2) is 4.79 Å². The van der Waals surface area contributed by atoms with E-state index in [2.05, 4.69) is 4.74 Å². The Bertz CT molecular complexity index is 112. The van der Waals surface area contributed by atoms with E-state index in [0.29, 0.717) is 6.61 Å². The predicted octanol–water partition coefficient (Wildman–Crippen LogP) is -1.08. The Morgan fingerprint density at radius 1 is 1.78 bits per heavy atom. The second-order valence-electron chi connectivity index (χ2n) is 1.81. The second-order valence-corrected chi connectivity index (χ2v) is 1.81. The molecule has 0 aliphatic carbocycles. The van der Waals surface area contributed by atoms with E-state index < -0.39 is 12.1 Å². The third-order valence-corrected chi connectivity index (χ3v) is 1.03. The lowest BCUT2D eigenvalue weighted by Gasteiger charge is -2.19. The van der Waals surface area contributed by atoms with Gasteiger partial charge in [0.2, 0.25) is 0 Å². The van der Waals surface area contributed by atoms with Crippen molar-refractivity contribution in [3.8, 4) is 0 Å². The van der Waals surface area contributed by atoms with Gasteiger partial charge in [-0.15, -0.1) is 0 Å². The molecule has 1 fully saturated rings. The summed E-state index contributed by atoms with van der Waals surface area (Å²) in [4.78, 5) is 10.4. The minimum atomic E-state index is -0.453. The molecule has 1 saturated heterocycles. The number of hydrogen-bond acceptors (Lipinski definition) is 4.